The highest BCUT2D eigenvalue weighted by atomic mass is 16.1. The molecule has 0 spiro atoms. The highest BCUT2D eigenvalue weighted by Crippen LogP contribution is 2.64. The molecule has 2 heteroatoms. The molecule has 0 unspecified atom stereocenters. The molecule has 0 N–H and O–H groups in total. The molecule has 1 aromatic rings. The van der Waals surface area contributed by atoms with Gasteiger partial charge in [-0.25, -0.2) is 0 Å². The fraction of sp³-hybridized carbons (Fsp3) is 0.556. The van der Waals surface area contributed by atoms with Crippen LogP contribution in [0.25, 0.3) is 0 Å². The molecule has 2 nitrogen and oxygen atoms in total. The zero-order chi connectivity index (χ0) is 20.4. The SMILES string of the molecule is Cc1ccc(CC2=C[C@@H]3[C@H](CC[C@]4(C)C(=O)CC[C@@H]34)[C@@]3(C)CCC(=O)C=C23)cc1. The predicted molar refractivity (Wildman–Crippen MR) is 115 cm³/mol. The number of allylic oxidation sites excluding steroid dienone is 4. The van der Waals surface area contributed by atoms with Gasteiger partial charge in [-0.2, -0.15) is 0 Å². The summed E-state index contributed by atoms with van der Waals surface area (Å²) in [5, 5.41) is 0. The number of fused-ring (bicyclic) bond motifs is 5. The molecule has 0 aliphatic heterocycles. The zero-order valence-electron chi connectivity index (χ0n) is 18.0. The van der Waals surface area contributed by atoms with Gasteiger partial charge in [0, 0.05) is 18.3 Å². The molecule has 5 rings (SSSR count). The smallest absolute Gasteiger partial charge is 0.156 e. The lowest BCUT2D eigenvalue weighted by molar-refractivity contribution is -0.130. The van der Waals surface area contributed by atoms with Crippen molar-refractivity contribution in [2.75, 3.05) is 0 Å². The summed E-state index contributed by atoms with van der Waals surface area (Å²) < 4.78 is 0. The third kappa shape index (κ3) is 2.82. The molecular weight excluding hydrogens is 356 g/mol. The van der Waals surface area contributed by atoms with Crippen molar-refractivity contribution in [1.82, 2.24) is 0 Å². The van der Waals surface area contributed by atoms with Gasteiger partial charge in [0.2, 0.25) is 0 Å². The number of carbonyl (C=O) groups is 2. The van der Waals surface area contributed by atoms with Gasteiger partial charge < -0.3 is 0 Å². The van der Waals surface area contributed by atoms with E-state index in [1.54, 1.807) is 0 Å². The number of Topliss-reactive ketones (excluding diaryl/α,β-unsaturated/α-hetero) is 1. The van der Waals surface area contributed by atoms with Gasteiger partial charge in [-0.15, -0.1) is 0 Å². The normalized spacial score (nSPS) is 38.7. The number of hydrogen-bond acceptors (Lipinski definition) is 2. The van der Waals surface area contributed by atoms with Crippen LogP contribution >= 0.6 is 0 Å². The average Bonchev–Trinajstić information content (AvgIpc) is 3.00. The molecule has 1 aromatic carbocycles. The average molecular weight is 389 g/mol. The van der Waals surface area contributed by atoms with Crippen LogP contribution in [0, 0.1) is 35.5 Å². The quantitative estimate of drug-likeness (QED) is 0.643. The second-order valence-corrected chi connectivity index (χ2v) is 10.5. The Morgan fingerprint density at radius 1 is 0.931 bits per heavy atom. The molecule has 0 saturated heterocycles. The lowest BCUT2D eigenvalue weighted by Gasteiger charge is -2.55. The van der Waals surface area contributed by atoms with Gasteiger partial charge in [0.15, 0.2) is 5.78 Å². The van der Waals surface area contributed by atoms with Gasteiger partial charge in [-0.1, -0.05) is 49.8 Å². The lowest BCUT2D eigenvalue weighted by atomic mass is 9.48. The standard InChI is InChI=1S/C27H32O2/c1-17-4-6-18(7-5-17)14-19-15-21-22-8-9-25(29)27(22,3)13-11-23(21)26(2)12-10-20(28)16-24(19)26/h4-7,15-16,21-23H,8-14H2,1-3H3/t21-,22-,23-,26+,27-/m0/s1. The molecule has 0 radical (unpaired) electrons. The van der Waals surface area contributed by atoms with E-state index in [1.165, 1.54) is 22.3 Å². The van der Waals surface area contributed by atoms with E-state index in [0.29, 0.717) is 30.0 Å². The van der Waals surface area contributed by atoms with Crippen LogP contribution in [0.15, 0.2) is 47.6 Å². The first kappa shape index (κ1) is 19.0. The Labute approximate surface area is 174 Å². The van der Waals surface area contributed by atoms with Gasteiger partial charge in [0.1, 0.15) is 5.78 Å². The van der Waals surface area contributed by atoms with E-state index >= 15 is 0 Å². The number of rotatable bonds is 2. The fourth-order valence-electron chi connectivity index (χ4n) is 7.11. The molecule has 0 heterocycles. The van der Waals surface area contributed by atoms with Crippen LogP contribution < -0.4 is 0 Å². The maximum Gasteiger partial charge on any atom is 0.156 e. The number of ketones is 2. The predicted octanol–water partition coefficient (Wildman–Crippen LogP) is 5.78. The molecule has 0 aromatic heterocycles. The monoisotopic (exact) mass is 388 g/mol. The second kappa shape index (κ2) is 6.52. The first-order valence-corrected chi connectivity index (χ1v) is 11.4. The summed E-state index contributed by atoms with van der Waals surface area (Å²) in [4.78, 5) is 25.1. The van der Waals surface area contributed by atoms with E-state index in [1.807, 2.05) is 6.08 Å². The van der Waals surface area contributed by atoms with E-state index in [9.17, 15) is 9.59 Å². The first-order valence-electron chi connectivity index (χ1n) is 11.4. The number of aryl methyl sites for hydroxylation is 1. The maximum absolute atomic E-state index is 12.7. The minimum Gasteiger partial charge on any atom is -0.299 e. The van der Waals surface area contributed by atoms with Crippen LogP contribution in [-0.4, -0.2) is 11.6 Å². The van der Waals surface area contributed by atoms with Crippen LogP contribution in [0.3, 0.4) is 0 Å². The van der Waals surface area contributed by atoms with E-state index in [-0.39, 0.29) is 16.6 Å². The molecule has 152 valence electrons. The van der Waals surface area contributed by atoms with Gasteiger partial charge in [0.25, 0.3) is 0 Å². The maximum atomic E-state index is 12.7. The summed E-state index contributed by atoms with van der Waals surface area (Å²) in [7, 11) is 0. The highest BCUT2D eigenvalue weighted by molar-refractivity contribution is 5.93. The summed E-state index contributed by atoms with van der Waals surface area (Å²) >= 11 is 0. The molecular formula is C27H32O2. The zero-order valence-corrected chi connectivity index (χ0v) is 18.0. The van der Waals surface area contributed by atoms with Crippen molar-refractivity contribution < 1.29 is 9.59 Å². The summed E-state index contributed by atoms with van der Waals surface area (Å²) in [6.45, 7) is 6.76. The third-order valence-electron chi connectivity index (χ3n) is 8.93. The van der Waals surface area contributed by atoms with Crippen molar-refractivity contribution in [3.05, 3.63) is 58.7 Å². The van der Waals surface area contributed by atoms with Crippen LogP contribution in [0.1, 0.15) is 63.5 Å². The Hall–Kier alpha value is -1.96. The van der Waals surface area contributed by atoms with Crippen LogP contribution in [0.2, 0.25) is 0 Å². The van der Waals surface area contributed by atoms with E-state index in [0.717, 1.165) is 38.5 Å². The molecule has 0 amide bonds. The molecule has 29 heavy (non-hydrogen) atoms. The van der Waals surface area contributed by atoms with E-state index in [2.05, 4.69) is 51.1 Å². The van der Waals surface area contributed by atoms with Crippen molar-refractivity contribution >= 4 is 11.6 Å². The molecule has 0 bridgehead atoms. The largest absolute Gasteiger partial charge is 0.299 e. The Bertz CT molecular complexity index is 934. The van der Waals surface area contributed by atoms with Crippen LogP contribution in [-0.2, 0) is 16.0 Å². The van der Waals surface area contributed by atoms with Crippen LogP contribution in [0.5, 0.6) is 0 Å². The number of carbonyl (C=O) groups excluding carboxylic acids is 2. The Morgan fingerprint density at radius 2 is 1.66 bits per heavy atom. The van der Waals surface area contributed by atoms with Crippen molar-refractivity contribution in [2.45, 2.75) is 65.7 Å². The summed E-state index contributed by atoms with van der Waals surface area (Å²) in [5.74, 6) is 2.27. The van der Waals surface area contributed by atoms with Gasteiger partial charge in [-0.3, -0.25) is 9.59 Å². The number of benzene rings is 1. The van der Waals surface area contributed by atoms with Crippen LogP contribution in [0.4, 0.5) is 0 Å². The first-order chi connectivity index (χ1) is 13.8. The Balaban J connectivity index is 1.60. The molecule has 2 fully saturated rings. The molecule has 4 aliphatic carbocycles. The topological polar surface area (TPSA) is 34.1 Å². The highest BCUT2D eigenvalue weighted by Gasteiger charge is 2.58. The Morgan fingerprint density at radius 3 is 2.41 bits per heavy atom. The van der Waals surface area contributed by atoms with Crippen molar-refractivity contribution in [3.63, 3.8) is 0 Å². The lowest BCUT2D eigenvalue weighted by Crippen LogP contribution is -2.50. The molecule has 2 saturated carbocycles. The van der Waals surface area contributed by atoms with E-state index < -0.39 is 0 Å². The van der Waals surface area contributed by atoms with E-state index in [4.69, 9.17) is 0 Å². The third-order valence-corrected chi connectivity index (χ3v) is 8.93. The van der Waals surface area contributed by atoms with Gasteiger partial charge in [-0.05, 0) is 85.0 Å². The van der Waals surface area contributed by atoms with Gasteiger partial charge in [0.05, 0.1) is 0 Å². The van der Waals surface area contributed by atoms with Crippen molar-refractivity contribution in [1.29, 1.82) is 0 Å². The van der Waals surface area contributed by atoms with Gasteiger partial charge >= 0.3 is 0 Å². The molecule has 5 atom stereocenters. The summed E-state index contributed by atoms with van der Waals surface area (Å²) in [5.41, 5.74) is 5.16. The summed E-state index contributed by atoms with van der Waals surface area (Å²) in [6, 6.07) is 8.78. The van der Waals surface area contributed by atoms with Crippen molar-refractivity contribution in [2.24, 2.45) is 28.6 Å². The summed E-state index contributed by atoms with van der Waals surface area (Å²) in [6.07, 6.45) is 10.9. The fourth-order valence-corrected chi connectivity index (χ4v) is 7.11. The second-order valence-electron chi connectivity index (χ2n) is 10.5. The Kier molecular flexibility index (Phi) is 4.28. The number of hydrogen-bond donors (Lipinski definition) is 0. The van der Waals surface area contributed by atoms with Crippen molar-refractivity contribution in [3.8, 4) is 0 Å². The minimum atomic E-state index is -0.130. The molecule has 4 aliphatic rings. The minimum absolute atomic E-state index is 0.0698.